The molecule has 4 rings (SSSR count). The average Bonchev–Trinajstić information content (AvgIpc) is 3.17. The Kier molecular flexibility index (Phi) is 7.33. The zero-order valence-corrected chi connectivity index (χ0v) is 19.1. The minimum atomic E-state index is -4.57. The Hall–Kier alpha value is -2.46. The van der Waals surface area contributed by atoms with Gasteiger partial charge in [0.1, 0.15) is 5.69 Å². The van der Waals surface area contributed by atoms with Gasteiger partial charge in [-0.2, -0.15) is 13.2 Å². The SMILES string of the molecule is O=C(NN1CCCCCC1)c1csc(C2CCN(C(=O)c3ccccc3C(F)(F)F)CC2)n1. The molecule has 33 heavy (non-hydrogen) atoms. The van der Waals surface area contributed by atoms with Gasteiger partial charge in [0.05, 0.1) is 16.1 Å². The first-order chi connectivity index (χ1) is 15.8. The highest BCUT2D eigenvalue weighted by atomic mass is 32.1. The Morgan fingerprint density at radius 1 is 1.00 bits per heavy atom. The molecule has 3 heterocycles. The first kappa shape index (κ1) is 23.7. The molecular weight excluding hydrogens is 453 g/mol. The minimum Gasteiger partial charge on any atom is -0.339 e. The fraction of sp³-hybridized carbons (Fsp3) is 0.522. The molecule has 10 heteroatoms. The van der Waals surface area contributed by atoms with Gasteiger partial charge < -0.3 is 4.90 Å². The number of thiazole rings is 1. The number of benzene rings is 1. The number of hydrogen-bond acceptors (Lipinski definition) is 5. The molecule has 6 nitrogen and oxygen atoms in total. The number of nitrogens with zero attached hydrogens (tertiary/aromatic N) is 3. The van der Waals surface area contributed by atoms with Crippen LogP contribution in [0.1, 0.15) is 75.9 Å². The second-order valence-corrected chi connectivity index (χ2v) is 9.41. The predicted molar refractivity (Wildman–Crippen MR) is 119 cm³/mol. The third-order valence-corrected chi connectivity index (χ3v) is 7.22. The summed E-state index contributed by atoms with van der Waals surface area (Å²) in [6.07, 6.45) is 1.10. The minimum absolute atomic E-state index is 0.0802. The van der Waals surface area contributed by atoms with E-state index >= 15 is 0 Å². The van der Waals surface area contributed by atoms with Gasteiger partial charge in [0, 0.05) is 37.5 Å². The van der Waals surface area contributed by atoms with Gasteiger partial charge in [-0.05, 0) is 37.8 Å². The third kappa shape index (κ3) is 5.73. The molecule has 2 saturated heterocycles. The normalized spacial score (nSPS) is 18.7. The van der Waals surface area contributed by atoms with Crippen LogP contribution in [0.15, 0.2) is 29.6 Å². The predicted octanol–water partition coefficient (Wildman–Crippen LogP) is 4.70. The van der Waals surface area contributed by atoms with Gasteiger partial charge in [-0.1, -0.05) is 25.0 Å². The molecule has 0 spiro atoms. The van der Waals surface area contributed by atoms with Gasteiger partial charge in [-0.25, -0.2) is 9.99 Å². The van der Waals surface area contributed by atoms with E-state index in [1.54, 1.807) is 5.38 Å². The molecule has 1 N–H and O–H groups in total. The van der Waals surface area contributed by atoms with Crippen molar-refractivity contribution in [2.45, 2.75) is 50.6 Å². The van der Waals surface area contributed by atoms with Crippen molar-refractivity contribution in [3.05, 3.63) is 51.5 Å². The van der Waals surface area contributed by atoms with E-state index in [2.05, 4.69) is 10.4 Å². The third-order valence-electron chi connectivity index (χ3n) is 6.21. The summed E-state index contributed by atoms with van der Waals surface area (Å²) in [5.41, 5.74) is 2.11. The van der Waals surface area contributed by atoms with Crippen LogP contribution in [0.5, 0.6) is 0 Å². The molecule has 0 atom stereocenters. The number of halogens is 3. The first-order valence-corrected chi connectivity index (χ1v) is 12.2. The van der Waals surface area contributed by atoms with Crippen LogP contribution < -0.4 is 5.43 Å². The van der Waals surface area contributed by atoms with Crippen molar-refractivity contribution < 1.29 is 22.8 Å². The molecule has 1 aromatic carbocycles. The van der Waals surface area contributed by atoms with Crippen molar-refractivity contribution in [1.82, 2.24) is 20.3 Å². The van der Waals surface area contributed by atoms with Gasteiger partial charge in [0.25, 0.3) is 11.8 Å². The smallest absolute Gasteiger partial charge is 0.339 e. The number of rotatable bonds is 4. The second-order valence-electron chi connectivity index (χ2n) is 8.52. The van der Waals surface area contributed by atoms with Crippen molar-refractivity contribution in [1.29, 1.82) is 0 Å². The molecule has 2 fully saturated rings. The van der Waals surface area contributed by atoms with Gasteiger partial charge >= 0.3 is 6.18 Å². The number of carbonyl (C=O) groups excluding carboxylic acids is 2. The molecule has 0 aliphatic carbocycles. The zero-order valence-electron chi connectivity index (χ0n) is 18.2. The van der Waals surface area contributed by atoms with E-state index in [1.165, 1.54) is 47.3 Å². The van der Waals surface area contributed by atoms with Gasteiger partial charge in [0.15, 0.2) is 0 Å². The molecular formula is C23H27F3N4O2S. The topological polar surface area (TPSA) is 65.5 Å². The maximum Gasteiger partial charge on any atom is 0.417 e. The van der Waals surface area contributed by atoms with E-state index in [9.17, 15) is 22.8 Å². The number of hydrogen-bond donors (Lipinski definition) is 1. The van der Waals surface area contributed by atoms with Crippen molar-refractivity contribution in [3.63, 3.8) is 0 Å². The molecule has 1 aromatic heterocycles. The number of nitrogens with one attached hydrogen (secondary N) is 1. The van der Waals surface area contributed by atoms with E-state index in [0.717, 1.165) is 37.0 Å². The highest BCUT2D eigenvalue weighted by Gasteiger charge is 2.36. The summed E-state index contributed by atoms with van der Waals surface area (Å²) in [6.45, 7) is 2.38. The largest absolute Gasteiger partial charge is 0.417 e. The first-order valence-electron chi connectivity index (χ1n) is 11.3. The molecule has 0 bridgehead atoms. The van der Waals surface area contributed by atoms with Crippen LogP contribution in [-0.2, 0) is 6.18 Å². The average molecular weight is 481 g/mol. The summed E-state index contributed by atoms with van der Waals surface area (Å²) in [6, 6.07) is 4.90. The fourth-order valence-electron chi connectivity index (χ4n) is 4.38. The number of carbonyl (C=O) groups is 2. The Morgan fingerprint density at radius 2 is 1.67 bits per heavy atom. The lowest BCUT2D eigenvalue weighted by molar-refractivity contribution is -0.138. The fourth-order valence-corrected chi connectivity index (χ4v) is 5.35. The lowest BCUT2D eigenvalue weighted by Gasteiger charge is -2.31. The molecule has 0 unspecified atom stereocenters. The molecule has 0 radical (unpaired) electrons. The van der Waals surface area contributed by atoms with Crippen LogP contribution >= 0.6 is 11.3 Å². The lowest BCUT2D eigenvalue weighted by atomic mass is 9.96. The molecule has 2 aromatic rings. The number of hydrazine groups is 1. The quantitative estimate of drug-likeness (QED) is 0.689. The van der Waals surface area contributed by atoms with Crippen LogP contribution in [0.3, 0.4) is 0 Å². The Labute approximate surface area is 194 Å². The Morgan fingerprint density at radius 3 is 2.33 bits per heavy atom. The summed E-state index contributed by atoms with van der Waals surface area (Å²) < 4.78 is 39.8. The van der Waals surface area contributed by atoms with Crippen molar-refractivity contribution >= 4 is 23.2 Å². The van der Waals surface area contributed by atoms with Crippen LogP contribution in [0.2, 0.25) is 0 Å². The van der Waals surface area contributed by atoms with Crippen molar-refractivity contribution in [3.8, 4) is 0 Å². The van der Waals surface area contributed by atoms with Crippen molar-refractivity contribution in [2.24, 2.45) is 0 Å². The van der Waals surface area contributed by atoms with E-state index in [0.29, 0.717) is 31.6 Å². The van der Waals surface area contributed by atoms with Crippen LogP contribution in [0, 0.1) is 0 Å². The highest BCUT2D eigenvalue weighted by Crippen LogP contribution is 2.34. The van der Waals surface area contributed by atoms with Gasteiger partial charge in [0.2, 0.25) is 0 Å². The summed E-state index contributed by atoms with van der Waals surface area (Å²) in [5.74, 6) is -0.731. The highest BCUT2D eigenvalue weighted by molar-refractivity contribution is 7.09. The van der Waals surface area contributed by atoms with E-state index in [1.807, 2.05) is 5.01 Å². The Balaban J connectivity index is 1.35. The summed E-state index contributed by atoms with van der Waals surface area (Å²) >= 11 is 1.42. The maximum absolute atomic E-state index is 13.3. The van der Waals surface area contributed by atoms with Crippen LogP contribution in [-0.4, -0.2) is 52.9 Å². The molecule has 2 amide bonds. The zero-order chi connectivity index (χ0) is 23.4. The standard InChI is InChI=1S/C23H27F3N4O2S/c24-23(25,26)18-8-4-3-7-17(18)22(32)29-13-9-16(10-14-29)21-27-19(15-33-21)20(31)28-30-11-5-1-2-6-12-30/h3-4,7-8,15-16H,1-2,5-6,9-14H2,(H,28,31). The summed E-state index contributed by atoms with van der Waals surface area (Å²) in [5, 5.41) is 4.54. The van der Waals surface area contributed by atoms with E-state index in [4.69, 9.17) is 0 Å². The monoisotopic (exact) mass is 480 g/mol. The molecule has 2 aliphatic heterocycles. The number of amides is 2. The van der Waals surface area contributed by atoms with Gasteiger partial charge in [-0.15, -0.1) is 11.3 Å². The number of aromatic nitrogens is 1. The van der Waals surface area contributed by atoms with Crippen LogP contribution in [0.25, 0.3) is 0 Å². The Bertz CT molecular complexity index is 978. The number of likely N-dealkylation sites (tertiary alicyclic amines) is 1. The number of piperidine rings is 1. The summed E-state index contributed by atoms with van der Waals surface area (Å²) in [7, 11) is 0. The summed E-state index contributed by atoms with van der Waals surface area (Å²) in [4.78, 5) is 31.4. The van der Waals surface area contributed by atoms with Gasteiger partial charge in [-0.3, -0.25) is 15.0 Å². The van der Waals surface area contributed by atoms with E-state index < -0.39 is 17.6 Å². The second kappa shape index (κ2) is 10.2. The van der Waals surface area contributed by atoms with E-state index in [-0.39, 0.29) is 17.4 Å². The molecule has 2 aliphatic rings. The molecule has 0 saturated carbocycles. The van der Waals surface area contributed by atoms with Crippen molar-refractivity contribution in [2.75, 3.05) is 26.2 Å². The lowest BCUT2D eigenvalue weighted by Crippen LogP contribution is -2.42. The maximum atomic E-state index is 13.3. The number of alkyl halides is 3. The van der Waals surface area contributed by atoms with Crippen LogP contribution in [0.4, 0.5) is 13.2 Å². The molecule has 178 valence electrons.